The first-order chi connectivity index (χ1) is 13.1. The first-order valence-corrected chi connectivity index (χ1v) is 9.73. The van der Waals surface area contributed by atoms with Crippen molar-refractivity contribution < 1.29 is 9.59 Å². The maximum atomic E-state index is 12.6. The van der Waals surface area contributed by atoms with Gasteiger partial charge in [0.15, 0.2) is 0 Å². The molecule has 0 aliphatic heterocycles. The summed E-state index contributed by atoms with van der Waals surface area (Å²) in [5.74, 6) is -0.480. The van der Waals surface area contributed by atoms with Gasteiger partial charge in [-0.3, -0.25) is 9.59 Å². The Kier molecular flexibility index (Phi) is 4.92. The van der Waals surface area contributed by atoms with E-state index >= 15 is 0 Å². The number of benzene rings is 2. The molecule has 0 spiro atoms. The normalized spacial score (nSPS) is 13.2. The fraction of sp³-hybridized carbons (Fsp3) is 0.150. The van der Waals surface area contributed by atoms with E-state index in [-0.39, 0.29) is 17.9 Å². The lowest BCUT2D eigenvalue weighted by Gasteiger charge is -2.10. The third-order valence-corrected chi connectivity index (χ3v) is 5.53. The molecule has 1 fully saturated rings. The van der Waals surface area contributed by atoms with Crippen molar-refractivity contribution in [3.63, 3.8) is 0 Å². The molecular formula is C20H16ClN3O2S. The number of hydrogen-bond acceptors (Lipinski definition) is 4. The minimum atomic E-state index is -0.308. The van der Waals surface area contributed by atoms with Crippen LogP contribution < -0.4 is 10.6 Å². The lowest BCUT2D eigenvalue weighted by Crippen LogP contribution is -2.26. The Balaban J connectivity index is 1.53. The molecule has 1 aliphatic carbocycles. The topological polar surface area (TPSA) is 71.1 Å². The summed E-state index contributed by atoms with van der Waals surface area (Å²) in [6.07, 6.45) is 3.53. The zero-order valence-corrected chi connectivity index (χ0v) is 15.8. The van der Waals surface area contributed by atoms with Crippen LogP contribution in [-0.2, 0) is 0 Å². The first-order valence-electron chi connectivity index (χ1n) is 8.54. The number of carbonyl (C=O) groups excluding carboxylic acids is 2. The lowest BCUT2D eigenvalue weighted by atomic mass is 10.1. The summed E-state index contributed by atoms with van der Waals surface area (Å²) >= 11 is 7.46. The highest BCUT2D eigenvalue weighted by Crippen LogP contribution is 2.31. The van der Waals surface area contributed by atoms with Gasteiger partial charge >= 0.3 is 0 Å². The van der Waals surface area contributed by atoms with E-state index in [4.69, 9.17) is 11.6 Å². The zero-order chi connectivity index (χ0) is 18.8. The van der Waals surface area contributed by atoms with E-state index in [0.29, 0.717) is 26.2 Å². The van der Waals surface area contributed by atoms with Gasteiger partial charge in [-0.05, 0) is 31.0 Å². The quantitative estimate of drug-likeness (QED) is 0.660. The van der Waals surface area contributed by atoms with E-state index in [0.717, 1.165) is 18.4 Å². The standard InChI is InChI=1S/C20H16ClN3O2S/c21-15-7-3-1-5-13(15)20-22-11-17(27-20)19(26)24-16-8-4-2-6-14(16)18(25)23-12-9-10-12/h1-8,11-12H,9-10H2,(H,23,25)(H,24,26). The van der Waals surface area contributed by atoms with Crippen LogP contribution in [0.3, 0.4) is 0 Å². The largest absolute Gasteiger partial charge is 0.349 e. The molecule has 0 saturated heterocycles. The Hall–Kier alpha value is -2.70. The van der Waals surface area contributed by atoms with Crippen LogP contribution in [0.5, 0.6) is 0 Å². The first kappa shape index (κ1) is 17.7. The number of rotatable bonds is 5. The van der Waals surface area contributed by atoms with Crippen LogP contribution in [0.25, 0.3) is 10.6 Å². The second kappa shape index (κ2) is 7.50. The van der Waals surface area contributed by atoms with Gasteiger partial charge in [-0.15, -0.1) is 11.3 Å². The maximum Gasteiger partial charge on any atom is 0.267 e. The minimum Gasteiger partial charge on any atom is -0.349 e. The highest BCUT2D eigenvalue weighted by molar-refractivity contribution is 7.17. The molecule has 7 heteroatoms. The number of aromatic nitrogens is 1. The van der Waals surface area contributed by atoms with Crippen LogP contribution in [0.2, 0.25) is 5.02 Å². The van der Waals surface area contributed by atoms with E-state index in [1.807, 2.05) is 18.2 Å². The second-order valence-electron chi connectivity index (χ2n) is 6.26. The van der Waals surface area contributed by atoms with Gasteiger partial charge in [0, 0.05) is 11.6 Å². The average Bonchev–Trinajstić information content (AvgIpc) is 3.34. The van der Waals surface area contributed by atoms with Gasteiger partial charge in [0.2, 0.25) is 0 Å². The second-order valence-corrected chi connectivity index (χ2v) is 7.69. The predicted molar refractivity (Wildman–Crippen MR) is 107 cm³/mol. The van der Waals surface area contributed by atoms with Crippen molar-refractivity contribution in [2.45, 2.75) is 18.9 Å². The number of nitrogens with zero attached hydrogens (tertiary/aromatic N) is 1. The Morgan fingerprint density at radius 2 is 1.78 bits per heavy atom. The molecule has 5 nitrogen and oxygen atoms in total. The van der Waals surface area contributed by atoms with Crippen LogP contribution in [0.1, 0.15) is 32.9 Å². The molecule has 2 N–H and O–H groups in total. The molecule has 1 saturated carbocycles. The summed E-state index contributed by atoms with van der Waals surface area (Å²) < 4.78 is 0. The fourth-order valence-corrected chi connectivity index (χ4v) is 3.74. The number of hydrogen-bond donors (Lipinski definition) is 2. The Labute approximate surface area is 165 Å². The monoisotopic (exact) mass is 397 g/mol. The van der Waals surface area contributed by atoms with Gasteiger partial charge in [0.25, 0.3) is 11.8 Å². The fourth-order valence-electron chi connectivity index (χ4n) is 2.60. The molecule has 3 aromatic rings. The predicted octanol–water partition coefficient (Wildman–Crippen LogP) is 4.61. The molecule has 1 heterocycles. The molecule has 1 aromatic heterocycles. The highest BCUT2D eigenvalue weighted by atomic mass is 35.5. The molecule has 136 valence electrons. The number of carbonyl (C=O) groups is 2. The van der Waals surface area contributed by atoms with Crippen LogP contribution in [0, 0.1) is 0 Å². The highest BCUT2D eigenvalue weighted by Gasteiger charge is 2.25. The lowest BCUT2D eigenvalue weighted by molar-refractivity contribution is 0.0952. The van der Waals surface area contributed by atoms with Crippen molar-refractivity contribution in [3.8, 4) is 10.6 Å². The molecule has 2 amide bonds. The van der Waals surface area contributed by atoms with Crippen LogP contribution >= 0.6 is 22.9 Å². The zero-order valence-electron chi connectivity index (χ0n) is 14.2. The number of anilines is 1. The van der Waals surface area contributed by atoms with Crippen molar-refractivity contribution in [2.24, 2.45) is 0 Å². The smallest absolute Gasteiger partial charge is 0.267 e. The van der Waals surface area contributed by atoms with E-state index < -0.39 is 0 Å². The van der Waals surface area contributed by atoms with Crippen LogP contribution in [0.15, 0.2) is 54.7 Å². The summed E-state index contributed by atoms with van der Waals surface area (Å²) in [6.45, 7) is 0. The van der Waals surface area contributed by atoms with Gasteiger partial charge in [-0.2, -0.15) is 0 Å². The summed E-state index contributed by atoms with van der Waals surface area (Å²) in [5, 5.41) is 7.02. The third-order valence-electron chi connectivity index (χ3n) is 4.17. The molecule has 1 aliphatic rings. The van der Waals surface area contributed by atoms with Crippen LogP contribution in [-0.4, -0.2) is 22.8 Å². The van der Waals surface area contributed by atoms with Gasteiger partial charge in [-0.25, -0.2) is 4.98 Å². The van der Waals surface area contributed by atoms with Gasteiger partial charge < -0.3 is 10.6 Å². The Morgan fingerprint density at radius 1 is 1.04 bits per heavy atom. The van der Waals surface area contributed by atoms with Crippen molar-refractivity contribution in [3.05, 3.63) is 70.2 Å². The minimum absolute atomic E-state index is 0.172. The maximum absolute atomic E-state index is 12.6. The van der Waals surface area contributed by atoms with E-state index in [2.05, 4.69) is 15.6 Å². The van der Waals surface area contributed by atoms with Crippen LogP contribution in [0.4, 0.5) is 5.69 Å². The van der Waals surface area contributed by atoms with Crippen molar-refractivity contribution in [1.82, 2.24) is 10.3 Å². The number of amides is 2. The molecule has 0 radical (unpaired) electrons. The molecule has 0 unspecified atom stereocenters. The summed E-state index contributed by atoms with van der Waals surface area (Å²) in [7, 11) is 0. The molecule has 0 atom stereocenters. The number of thiazole rings is 1. The molecular weight excluding hydrogens is 382 g/mol. The van der Waals surface area contributed by atoms with Crippen molar-refractivity contribution >= 4 is 40.4 Å². The van der Waals surface area contributed by atoms with Crippen molar-refractivity contribution in [2.75, 3.05) is 5.32 Å². The van der Waals surface area contributed by atoms with Gasteiger partial charge in [0.05, 0.1) is 22.5 Å². The number of para-hydroxylation sites is 1. The SMILES string of the molecule is O=C(Nc1ccccc1C(=O)NC1CC1)c1cnc(-c2ccccc2Cl)s1. The number of nitrogens with one attached hydrogen (secondary N) is 2. The molecule has 0 bridgehead atoms. The Bertz CT molecular complexity index is 1010. The van der Waals surface area contributed by atoms with Gasteiger partial charge in [0.1, 0.15) is 9.88 Å². The van der Waals surface area contributed by atoms with Crippen molar-refractivity contribution in [1.29, 1.82) is 0 Å². The van der Waals surface area contributed by atoms with Gasteiger partial charge in [-0.1, -0.05) is 41.9 Å². The molecule has 27 heavy (non-hydrogen) atoms. The van der Waals surface area contributed by atoms with E-state index in [9.17, 15) is 9.59 Å². The molecule has 2 aromatic carbocycles. The third kappa shape index (κ3) is 4.02. The molecule has 4 rings (SSSR count). The average molecular weight is 398 g/mol. The summed E-state index contributed by atoms with van der Waals surface area (Å²) in [6, 6.07) is 14.6. The van der Waals surface area contributed by atoms with E-state index in [1.165, 1.54) is 17.5 Å². The summed E-state index contributed by atoms with van der Waals surface area (Å²) in [4.78, 5) is 29.8. The summed E-state index contributed by atoms with van der Waals surface area (Å²) in [5.41, 5.74) is 1.72. The number of halogens is 1. The Morgan fingerprint density at radius 3 is 2.56 bits per heavy atom. The van der Waals surface area contributed by atoms with E-state index in [1.54, 1.807) is 30.3 Å².